The zero-order chi connectivity index (χ0) is 11.8. The summed E-state index contributed by atoms with van der Waals surface area (Å²) in [5.41, 5.74) is 2.07. The summed E-state index contributed by atoms with van der Waals surface area (Å²) < 4.78 is 12.8. The van der Waals surface area contributed by atoms with Crippen LogP contribution in [0.4, 0.5) is 0 Å². The van der Waals surface area contributed by atoms with Crippen LogP contribution in [0.3, 0.4) is 0 Å². The Morgan fingerprint density at radius 3 is 2.82 bits per heavy atom. The summed E-state index contributed by atoms with van der Waals surface area (Å²) in [5.74, 6) is 0. The van der Waals surface area contributed by atoms with Crippen molar-refractivity contribution in [2.24, 2.45) is 7.05 Å². The van der Waals surface area contributed by atoms with E-state index in [9.17, 15) is 0 Å². The van der Waals surface area contributed by atoms with Gasteiger partial charge in [-0.1, -0.05) is 0 Å². The largest absolute Gasteiger partial charge is 0.344 e. The Bertz CT molecular complexity index is 529. The van der Waals surface area contributed by atoms with Crippen molar-refractivity contribution in [3.05, 3.63) is 23.0 Å². The molecule has 0 aromatic carbocycles. The summed E-state index contributed by atoms with van der Waals surface area (Å²) in [4.78, 5) is 5.64. The van der Waals surface area contributed by atoms with E-state index in [1.807, 2.05) is 24.7 Å². The molecular weight excluding hydrogens is 238 g/mol. The molecule has 3 rings (SSSR count). The lowest BCUT2D eigenvalue weighted by atomic mass is 10.3. The Kier molecular flexibility index (Phi) is 2.70. The molecule has 0 aliphatic carbocycles. The fraction of sp³-hybridized carbons (Fsp3) is 0.455. The molecular formula is C11H13N3O2S. The van der Waals surface area contributed by atoms with Crippen molar-refractivity contribution in [1.82, 2.24) is 14.8 Å². The molecule has 17 heavy (non-hydrogen) atoms. The molecule has 0 unspecified atom stereocenters. The number of ether oxygens (including phenoxy) is 2. The van der Waals surface area contributed by atoms with Gasteiger partial charge in [0.25, 0.3) is 0 Å². The maximum Gasteiger partial charge on any atom is 0.211 e. The van der Waals surface area contributed by atoms with Crippen molar-refractivity contribution >= 4 is 11.3 Å². The van der Waals surface area contributed by atoms with Gasteiger partial charge in [0.1, 0.15) is 5.01 Å². The fourth-order valence-electron chi connectivity index (χ4n) is 1.85. The second-order valence-electron chi connectivity index (χ2n) is 3.88. The number of aromatic nitrogens is 3. The molecule has 0 N–H and O–H groups in total. The summed E-state index contributed by atoms with van der Waals surface area (Å²) in [6.45, 7) is 3.28. The van der Waals surface area contributed by atoms with E-state index in [1.54, 1.807) is 17.5 Å². The maximum atomic E-state index is 5.46. The van der Waals surface area contributed by atoms with Crippen LogP contribution in [0.5, 0.6) is 0 Å². The molecule has 0 atom stereocenters. The van der Waals surface area contributed by atoms with Crippen molar-refractivity contribution in [2.45, 2.75) is 13.2 Å². The second kappa shape index (κ2) is 4.21. The van der Waals surface area contributed by atoms with Gasteiger partial charge >= 0.3 is 0 Å². The van der Waals surface area contributed by atoms with E-state index < -0.39 is 0 Å². The van der Waals surface area contributed by atoms with Crippen molar-refractivity contribution < 1.29 is 9.47 Å². The van der Waals surface area contributed by atoms with Crippen molar-refractivity contribution in [3.8, 4) is 10.6 Å². The first-order chi connectivity index (χ1) is 8.25. The fourth-order valence-corrected chi connectivity index (χ4v) is 2.98. The molecule has 0 radical (unpaired) electrons. The molecule has 1 fully saturated rings. The molecule has 3 heterocycles. The van der Waals surface area contributed by atoms with Gasteiger partial charge in [-0.25, -0.2) is 4.98 Å². The van der Waals surface area contributed by atoms with Gasteiger partial charge in [0, 0.05) is 13.2 Å². The first-order valence-corrected chi connectivity index (χ1v) is 6.26. The van der Waals surface area contributed by atoms with Gasteiger partial charge in [-0.15, -0.1) is 11.3 Å². The Labute approximate surface area is 103 Å². The van der Waals surface area contributed by atoms with Crippen LogP contribution in [0.2, 0.25) is 0 Å². The minimum atomic E-state index is -0.291. The molecule has 5 nitrogen and oxygen atoms in total. The van der Waals surface area contributed by atoms with Gasteiger partial charge in [0.2, 0.25) is 6.29 Å². The molecule has 1 aliphatic rings. The van der Waals surface area contributed by atoms with E-state index in [4.69, 9.17) is 9.47 Å². The van der Waals surface area contributed by atoms with Crippen molar-refractivity contribution in [1.29, 1.82) is 0 Å². The highest BCUT2D eigenvalue weighted by atomic mass is 32.1. The van der Waals surface area contributed by atoms with Gasteiger partial charge in [-0.2, -0.15) is 5.10 Å². The number of aryl methyl sites for hydroxylation is 2. The number of hydrogen-bond donors (Lipinski definition) is 0. The van der Waals surface area contributed by atoms with E-state index in [0.29, 0.717) is 13.2 Å². The zero-order valence-corrected chi connectivity index (χ0v) is 10.5. The standard InChI is InChI=1S/C11H13N3O2S/c1-7-9(8-3-4-12-14(8)2)17-10(13-7)11-15-5-6-16-11/h3-4,11H,5-6H2,1-2H3. The third kappa shape index (κ3) is 1.88. The van der Waals surface area contributed by atoms with Gasteiger partial charge < -0.3 is 9.47 Å². The Balaban J connectivity index is 1.98. The Morgan fingerprint density at radius 1 is 1.41 bits per heavy atom. The highest BCUT2D eigenvalue weighted by Gasteiger charge is 2.24. The molecule has 0 saturated carbocycles. The molecule has 0 spiro atoms. The van der Waals surface area contributed by atoms with Crippen LogP contribution in [0, 0.1) is 6.92 Å². The van der Waals surface area contributed by atoms with E-state index in [1.165, 1.54) is 0 Å². The summed E-state index contributed by atoms with van der Waals surface area (Å²) >= 11 is 1.61. The molecule has 90 valence electrons. The van der Waals surface area contributed by atoms with E-state index in [-0.39, 0.29) is 6.29 Å². The van der Waals surface area contributed by atoms with E-state index in [2.05, 4.69) is 10.1 Å². The topological polar surface area (TPSA) is 49.2 Å². The second-order valence-corrected chi connectivity index (χ2v) is 4.91. The third-order valence-electron chi connectivity index (χ3n) is 2.69. The number of nitrogens with zero attached hydrogens (tertiary/aromatic N) is 3. The summed E-state index contributed by atoms with van der Waals surface area (Å²) in [6, 6.07) is 1.99. The summed E-state index contributed by atoms with van der Waals surface area (Å²) in [7, 11) is 1.93. The highest BCUT2D eigenvalue weighted by Crippen LogP contribution is 2.34. The van der Waals surface area contributed by atoms with Crippen LogP contribution in [0.15, 0.2) is 12.3 Å². The Hall–Kier alpha value is -1.24. The number of hydrogen-bond acceptors (Lipinski definition) is 5. The van der Waals surface area contributed by atoms with Gasteiger partial charge in [0.05, 0.1) is 29.5 Å². The van der Waals surface area contributed by atoms with Crippen LogP contribution in [0.25, 0.3) is 10.6 Å². The van der Waals surface area contributed by atoms with Crippen LogP contribution in [-0.2, 0) is 16.5 Å². The smallest absolute Gasteiger partial charge is 0.211 e. The first kappa shape index (κ1) is 10.9. The predicted molar refractivity (Wildman–Crippen MR) is 63.7 cm³/mol. The summed E-state index contributed by atoms with van der Waals surface area (Å²) in [6.07, 6.45) is 1.50. The predicted octanol–water partition coefficient (Wildman–Crippen LogP) is 1.90. The quantitative estimate of drug-likeness (QED) is 0.818. The van der Waals surface area contributed by atoms with Crippen LogP contribution >= 0.6 is 11.3 Å². The third-order valence-corrected chi connectivity index (χ3v) is 3.89. The van der Waals surface area contributed by atoms with Gasteiger partial charge in [0.15, 0.2) is 0 Å². The first-order valence-electron chi connectivity index (χ1n) is 5.44. The highest BCUT2D eigenvalue weighted by molar-refractivity contribution is 7.15. The minimum Gasteiger partial charge on any atom is -0.344 e. The molecule has 2 aromatic rings. The van der Waals surface area contributed by atoms with Crippen molar-refractivity contribution in [2.75, 3.05) is 13.2 Å². The lowest BCUT2D eigenvalue weighted by molar-refractivity contribution is -0.0442. The Morgan fingerprint density at radius 2 is 2.18 bits per heavy atom. The average molecular weight is 251 g/mol. The van der Waals surface area contributed by atoms with Crippen LogP contribution in [0.1, 0.15) is 17.0 Å². The number of thiazole rings is 1. The summed E-state index contributed by atoms with van der Waals surface area (Å²) in [5, 5.41) is 5.06. The molecule has 2 aromatic heterocycles. The van der Waals surface area contributed by atoms with E-state index >= 15 is 0 Å². The average Bonchev–Trinajstić information content (AvgIpc) is 2.98. The zero-order valence-electron chi connectivity index (χ0n) is 9.71. The normalized spacial score (nSPS) is 16.8. The van der Waals surface area contributed by atoms with Crippen molar-refractivity contribution in [3.63, 3.8) is 0 Å². The van der Waals surface area contributed by atoms with Gasteiger partial charge in [-0.3, -0.25) is 4.68 Å². The van der Waals surface area contributed by atoms with Crippen LogP contribution < -0.4 is 0 Å². The van der Waals surface area contributed by atoms with E-state index in [0.717, 1.165) is 21.3 Å². The lowest BCUT2D eigenvalue weighted by Gasteiger charge is -2.03. The minimum absolute atomic E-state index is 0.291. The molecule has 0 amide bonds. The lowest BCUT2D eigenvalue weighted by Crippen LogP contribution is -1.96. The van der Waals surface area contributed by atoms with Gasteiger partial charge in [-0.05, 0) is 13.0 Å². The molecule has 6 heteroatoms. The van der Waals surface area contributed by atoms with Crippen LogP contribution in [-0.4, -0.2) is 28.0 Å². The number of rotatable bonds is 2. The monoisotopic (exact) mass is 251 g/mol. The molecule has 1 saturated heterocycles. The SMILES string of the molecule is Cc1nc(C2OCCO2)sc1-c1ccnn1C. The maximum absolute atomic E-state index is 5.46. The molecule has 1 aliphatic heterocycles. The molecule has 0 bridgehead atoms.